The Morgan fingerprint density at radius 1 is 1.00 bits per heavy atom. The van der Waals surface area contributed by atoms with Crippen molar-refractivity contribution in [3.8, 4) is 22.1 Å². The summed E-state index contributed by atoms with van der Waals surface area (Å²) < 4.78 is 32.9. The predicted octanol–water partition coefficient (Wildman–Crippen LogP) is 3.58. The van der Waals surface area contributed by atoms with Crippen LogP contribution in [0.1, 0.15) is 32.4 Å². The Morgan fingerprint density at radius 3 is 2.26 bits per heavy atom. The summed E-state index contributed by atoms with van der Waals surface area (Å²) in [6.45, 7) is 5.85. The summed E-state index contributed by atoms with van der Waals surface area (Å²) in [4.78, 5) is 17.0. The highest BCUT2D eigenvalue weighted by Gasteiger charge is 2.37. The topological polar surface area (TPSA) is 126 Å². The highest BCUT2D eigenvalue weighted by Crippen LogP contribution is 2.42. The van der Waals surface area contributed by atoms with Gasteiger partial charge in [-0.05, 0) is 39.0 Å². The van der Waals surface area contributed by atoms with Gasteiger partial charge in [-0.3, -0.25) is 0 Å². The van der Waals surface area contributed by atoms with E-state index in [1.807, 2.05) is 43.4 Å². The monoisotopic (exact) mass is 547 g/mol. The van der Waals surface area contributed by atoms with Crippen LogP contribution in [-0.4, -0.2) is 74.4 Å². The number of benzene rings is 1. The van der Waals surface area contributed by atoms with E-state index in [9.17, 15) is 15.0 Å². The lowest BCUT2D eigenvalue weighted by atomic mass is 9.84. The number of nitrogens with zero attached hydrogens (tertiary/aromatic N) is 1. The summed E-state index contributed by atoms with van der Waals surface area (Å²) in [5.74, 6) is 2.53. The number of aliphatic hydroxyl groups excluding tert-OH is 2. The first-order valence-corrected chi connectivity index (χ1v) is 12.9. The van der Waals surface area contributed by atoms with Crippen LogP contribution in [0.25, 0.3) is 10.6 Å². The van der Waals surface area contributed by atoms with Crippen LogP contribution in [0.3, 0.4) is 0 Å². The van der Waals surface area contributed by atoms with E-state index in [0.717, 1.165) is 5.56 Å². The number of thiazole rings is 1. The Kier molecular flexibility index (Phi) is 10.9. The van der Waals surface area contributed by atoms with Crippen molar-refractivity contribution in [3.05, 3.63) is 58.0 Å². The molecule has 1 aliphatic rings. The highest BCUT2D eigenvalue weighted by molar-refractivity contribution is 7.13. The second-order valence-electron chi connectivity index (χ2n) is 8.17. The number of allylic oxidation sites excluding steroid dienone is 2. The number of aromatic nitrogens is 1. The molecule has 0 bridgehead atoms. The molecule has 0 amide bonds. The first-order valence-electron chi connectivity index (χ1n) is 12.1. The zero-order valence-electron chi connectivity index (χ0n) is 22.1. The van der Waals surface area contributed by atoms with Gasteiger partial charge in [0.1, 0.15) is 17.1 Å². The van der Waals surface area contributed by atoms with Gasteiger partial charge in [-0.2, -0.15) is 0 Å². The van der Waals surface area contributed by atoms with Crippen LogP contribution in [0.5, 0.6) is 11.5 Å². The Labute approximate surface area is 225 Å². The van der Waals surface area contributed by atoms with Crippen molar-refractivity contribution >= 4 is 17.3 Å². The summed E-state index contributed by atoms with van der Waals surface area (Å²) in [6, 6.07) is 5.57. The summed E-state index contributed by atoms with van der Waals surface area (Å²) in [5, 5.41) is 23.5. The number of hydrogen-bond donors (Lipinski definition) is 2. The molecule has 3 unspecified atom stereocenters. The SMILES string of the molecule is CCOc1ccc(-c2nc(C3C=C(C(O)C(C)O)C(OCOC)=C(OCOC)C3=C=O)cs2)cc1OCC. The van der Waals surface area contributed by atoms with Crippen LogP contribution in [0.15, 0.2) is 52.3 Å². The Bertz CT molecular complexity index is 1200. The number of rotatable bonds is 14. The van der Waals surface area contributed by atoms with E-state index in [2.05, 4.69) is 0 Å². The lowest BCUT2D eigenvalue weighted by Crippen LogP contribution is -2.30. The Balaban J connectivity index is 2.08. The zero-order valence-corrected chi connectivity index (χ0v) is 22.9. The van der Waals surface area contributed by atoms with Gasteiger partial charge < -0.3 is 38.6 Å². The molecule has 0 saturated carbocycles. The summed E-state index contributed by atoms with van der Waals surface area (Å²) >= 11 is 1.38. The molecule has 206 valence electrons. The predicted molar refractivity (Wildman–Crippen MR) is 141 cm³/mol. The minimum atomic E-state index is -1.34. The normalized spacial score (nSPS) is 17.0. The van der Waals surface area contributed by atoms with Gasteiger partial charge in [-0.25, -0.2) is 9.78 Å². The smallest absolute Gasteiger partial charge is 0.188 e. The molecule has 0 saturated heterocycles. The number of ether oxygens (including phenoxy) is 6. The van der Waals surface area contributed by atoms with Crippen molar-refractivity contribution in [1.29, 1.82) is 0 Å². The van der Waals surface area contributed by atoms with Crippen LogP contribution in [-0.2, 0) is 23.7 Å². The largest absolute Gasteiger partial charge is 0.490 e. The molecule has 1 aliphatic carbocycles. The van der Waals surface area contributed by atoms with Crippen molar-refractivity contribution in [2.75, 3.05) is 41.0 Å². The molecule has 0 spiro atoms. The minimum Gasteiger partial charge on any atom is -0.490 e. The number of aliphatic hydroxyl groups is 2. The average molecular weight is 548 g/mol. The molecule has 0 fully saturated rings. The Morgan fingerprint density at radius 2 is 1.66 bits per heavy atom. The minimum absolute atomic E-state index is 0.0235. The van der Waals surface area contributed by atoms with E-state index in [0.29, 0.717) is 35.4 Å². The van der Waals surface area contributed by atoms with Crippen molar-refractivity contribution < 1.29 is 43.4 Å². The second kappa shape index (κ2) is 14.1. The molecule has 0 radical (unpaired) electrons. The van der Waals surface area contributed by atoms with Gasteiger partial charge in [0.05, 0.1) is 36.5 Å². The molecule has 3 rings (SSSR count). The molecule has 2 aromatic rings. The van der Waals surface area contributed by atoms with Crippen molar-refractivity contribution in [1.82, 2.24) is 4.98 Å². The highest BCUT2D eigenvalue weighted by atomic mass is 32.1. The van der Waals surface area contributed by atoms with Crippen LogP contribution in [0, 0.1) is 0 Å². The van der Waals surface area contributed by atoms with E-state index >= 15 is 0 Å². The molecule has 1 aromatic carbocycles. The van der Waals surface area contributed by atoms with Gasteiger partial charge in [0.15, 0.2) is 36.6 Å². The maximum Gasteiger partial charge on any atom is 0.188 e. The summed E-state index contributed by atoms with van der Waals surface area (Å²) in [5.41, 5.74) is 1.66. The first-order chi connectivity index (χ1) is 18.4. The van der Waals surface area contributed by atoms with E-state index in [-0.39, 0.29) is 36.3 Å². The average Bonchev–Trinajstić information content (AvgIpc) is 3.41. The molecule has 1 heterocycles. The zero-order chi connectivity index (χ0) is 27.7. The lowest BCUT2D eigenvalue weighted by molar-refractivity contribution is -0.0246. The molecule has 2 N–H and O–H groups in total. The lowest BCUT2D eigenvalue weighted by Gasteiger charge is -2.29. The number of hydrogen-bond acceptors (Lipinski definition) is 11. The number of carbonyl (C=O) groups excluding carboxylic acids is 1. The Hall–Kier alpha value is -3.18. The standard InChI is InChI=1S/C27H33NO9S/c1-6-34-22-9-8-17(10-23(22)35-7-2)27-28-21(13-38-27)18-11-19(24(31)16(3)30)25(36-14-32-4)26(20(18)12-29)37-15-33-5/h8-11,13,16,18,24,30-31H,6-7,14-15H2,1-5H3. The molecule has 1 aromatic heterocycles. The van der Waals surface area contributed by atoms with Gasteiger partial charge in [0.2, 0.25) is 0 Å². The molecule has 3 atom stereocenters. The maximum atomic E-state index is 12.2. The fourth-order valence-electron chi connectivity index (χ4n) is 3.84. The molecule has 38 heavy (non-hydrogen) atoms. The van der Waals surface area contributed by atoms with Gasteiger partial charge in [0.25, 0.3) is 0 Å². The third kappa shape index (κ3) is 6.63. The molecule has 0 aliphatic heterocycles. The number of methoxy groups -OCH3 is 2. The van der Waals surface area contributed by atoms with Crippen LogP contribution >= 0.6 is 11.3 Å². The van der Waals surface area contributed by atoms with Gasteiger partial charge >= 0.3 is 0 Å². The van der Waals surface area contributed by atoms with Crippen molar-refractivity contribution in [3.63, 3.8) is 0 Å². The van der Waals surface area contributed by atoms with Gasteiger partial charge in [-0.1, -0.05) is 6.08 Å². The van der Waals surface area contributed by atoms with E-state index < -0.39 is 18.1 Å². The fraction of sp³-hybridized carbons (Fsp3) is 0.444. The fourth-order valence-corrected chi connectivity index (χ4v) is 4.70. The van der Waals surface area contributed by atoms with Crippen molar-refractivity contribution in [2.24, 2.45) is 0 Å². The van der Waals surface area contributed by atoms with Crippen LogP contribution < -0.4 is 9.47 Å². The third-order valence-electron chi connectivity index (χ3n) is 5.53. The molecule has 10 nitrogen and oxygen atoms in total. The first kappa shape index (κ1) is 29.4. The summed E-state index contributed by atoms with van der Waals surface area (Å²) in [6.07, 6.45) is -0.859. The molecule has 11 heteroatoms. The van der Waals surface area contributed by atoms with Crippen LogP contribution in [0.2, 0.25) is 0 Å². The van der Waals surface area contributed by atoms with Gasteiger partial charge in [-0.15, -0.1) is 11.3 Å². The van der Waals surface area contributed by atoms with E-state index in [4.69, 9.17) is 33.4 Å². The molecular formula is C27H33NO9S. The summed E-state index contributed by atoms with van der Waals surface area (Å²) in [7, 11) is 2.86. The maximum absolute atomic E-state index is 12.2. The molecular weight excluding hydrogens is 514 g/mol. The van der Waals surface area contributed by atoms with E-state index in [1.165, 1.54) is 32.5 Å². The quantitative estimate of drug-likeness (QED) is 0.268. The van der Waals surface area contributed by atoms with Crippen LogP contribution in [0.4, 0.5) is 0 Å². The third-order valence-corrected chi connectivity index (χ3v) is 6.44. The van der Waals surface area contributed by atoms with Gasteiger partial charge in [0, 0.05) is 30.7 Å². The van der Waals surface area contributed by atoms with Crippen molar-refractivity contribution in [2.45, 2.75) is 38.9 Å². The second-order valence-corrected chi connectivity index (χ2v) is 9.02. The van der Waals surface area contributed by atoms with E-state index in [1.54, 1.807) is 6.08 Å².